The topological polar surface area (TPSA) is 152 Å². The van der Waals surface area contributed by atoms with Crippen LogP contribution in [0.3, 0.4) is 0 Å². The Kier molecular flexibility index (Phi) is 12.7. The van der Waals surface area contributed by atoms with E-state index in [0.717, 1.165) is 25.7 Å². The number of aryl methyl sites for hydroxylation is 2. The molecule has 6 aromatic rings. The van der Waals surface area contributed by atoms with Gasteiger partial charge in [0, 0.05) is 51.2 Å². The standard InChI is InChI=1S/C22H22N2O4.C20H18N2O4.CH4.FH/c1-3-24-13-19(22(26)27-4-2)20(25)18-11-17(12-23-21(18)24)28-16-9-14-7-5-6-8-15(14)10-16;1-2-22-11-17(20(24)25)18(23)16-9-15(10-21-19(16)22)26-14-7-12-5-3-4-6-13(12)8-14;;/h5-8,11-13,16H,3-4,9-10H2,1-2H3;3-6,9-11,14H,2,7-8H2,1H3,(H,24,25);1H4;1H. The van der Waals surface area contributed by atoms with Crippen LogP contribution in [0.4, 0.5) is 4.70 Å². The van der Waals surface area contributed by atoms with Crippen LogP contribution in [-0.4, -0.2) is 55.0 Å². The maximum atomic E-state index is 12.9. The third-order valence-electron chi connectivity index (χ3n) is 9.82. The molecule has 56 heavy (non-hydrogen) atoms. The van der Waals surface area contributed by atoms with E-state index in [1.165, 1.54) is 34.6 Å². The zero-order valence-electron chi connectivity index (χ0n) is 30.7. The lowest BCUT2D eigenvalue weighted by atomic mass is 10.1. The van der Waals surface area contributed by atoms with Crippen molar-refractivity contribution in [3.8, 4) is 11.5 Å². The monoisotopic (exact) mass is 764 g/mol. The highest BCUT2D eigenvalue weighted by atomic mass is 19.0. The molecule has 1 N–H and O–H groups in total. The molecule has 0 amide bonds. The zero-order valence-corrected chi connectivity index (χ0v) is 30.7. The van der Waals surface area contributed by atoms with Gasteiger partial charge in [0.2, 0.25) is 10.9 Å². The lowest BCUT2D eigenvalue weighted by molar-refractivity contribution is 0.0523. The predicted molar refractivity (Wildman–Crippen MR) is 212 cm³/mol. The summed E-state index contributed by atoms with van der Waals surface area (Å²) in [5, 5.41) is 9.90. The third-order valence-corrected chi connectivity index (χ3v) is 9.82. The molecule has 2 aromatic carbocycles. The molecule has 0 unspecified atom stereocenters. The summed E-state index contributed by atoms with van der Waals surface area (Å²) in [6, 6.07) is 19.8. The molecule has 2 aliphatic rings. The number of carbonyl (C=O) groups is 2. The van der Waals surface area contributed by atoms with Gasteiger partial charge in [-0.2, -0.15) is 0 Å². The number of hydrogen-bond acceptors (Lipinski definition) is 9. The van der Waals surface area contributed by atoms with E-state index in [1.807, 2.05) is 38.1 Å². The summed E-state index contributed by atoms with van der Waals surface area (Å²) < 4.78 is 20.6. The number of aromatic nitrogens is 4. The van der Waals surface area contributed by atoms with Crippen LogP contribution < -0.4 is 20.3 Å². The van der Waals surface area contributed by atoms with Gasteiger partial charge in [0.1, 0.15) is 46.1 Å². The van der Waals surface area contributed by atoms with Gasteiger partial charge in [-0.1, -0.05) is 56.0 Å². The fourth-order valence-electron chi connectivity index (χ4n) is 7.22. The summed E-state index contributed by atoms with van der Waals surface area (Å²) in [6.45, 7) is 6.82. The Balaban J connectivity index is 0.000000207. The molecule has 2 aliphatic carbocycles. The normalized spacial score (nSPS) is 13.1. The second kappa shape index (κ2) is 17.4. The Morgan fingerprint density at radius 2 is 1.09 bits per heavy atom. The van der Waals surface area contributed by atoms with E-state index in [2.05, 4.69) is 34.2 Å². The smallest absolute Gasteiger partial charge is 0.343 e. The molecule has 0 saturated carbocycles. The van der Waals surface area contributed by atoms with E-state index < -0.39 is 17.4 Å². The van der Waals surface area contributed by atoms with Crippen molar-refractivity contribution >= 4 is 34.0 Å². The summed E-state index contributed by atoms with van der Waals surface area (Å²) in [4.78, 5) is 57.7. The van der Waals surface area contributed by atoms with Crippen LogP contribution >= 0.6 is 0 Å². The maximum absolute atomic E-state index is 12.9. The molecule has 4 heterocycles. The van der Waals surface area contributed by atoms with Gasteiger partial charge < -0.3 is 28.5 Å². The molecule has 0 aliphatic heterocycles. The highest BCUT2D eigenvalue weighted by Gasteiger charge is 2.25. The number of fused-ring (bicyclic) bond motifs is 4. The first kappa shape index (κ1) is 40.8. The summed E-state index contributed by atoms with van der Waals surface area (Å²) in [5.74, 6) is -0.838. The quantitative estimate of drug-likeness (QED) is 0.160. The van der Waals surface area contributed by atoms with Crippen LogP contribution in [0.25, 0.3) is 22.1 Å². The zero-order chi connectivity index (χ0) is 37.9. The highest BCUT2D eigenvalue weighted by Crippen LogP contribution is 2.28. The number of benzene rings is 2. The van der Waals surface area contributed by atoms with Crippen molar-refractivity contribution in [2.75, 3.05) is 6.61 Å². The Morgan fingerprint density at radius 1 is 0.696 bits per heavy atom. The number of pyridine rings is 4. The van der Waals surface area contributed by atoms with Crippen molar-refractivity contribution in [2.45, 2.75) is 79.2 Å². The van der Waals surface area contributed by atoms with Gasteiger partial charge in [-0.15, -0.1) is 0 Å². The minimum absolute atomic E-state index is 0. The number of carbonyl (C=O) groups excluding carboxylic acids is 1. The Bertz CT molecular complexity index is 2480. The predicted octanol–water partition coefficient (Wildman–Crippen LogP) is 6.59. The first-order valence-electron chi connectivity index (χ1n) is 18.1. The Hall–Kier alpha value is -6.37. The Labute approximate surface area is 322 Å². The van der Waals surface area contributed by atoms with E-state index in [9.17, 15) is 24.3 Å². The average molecular weight is 765 g/mol. The molecular formula is C43H45FN4O8. The van der Waals surface area contributed by atoms with Crippen molar-refractivity contribution in [2.24, 2.45) is 0 Å². The average Bonchev–Trinajstić information content (AvgIpc) is 3.78. The lowest BCUT2D eigenvalue weighted by Gasteiger charge is -2.15. The number of nitrogens with zero attached hydrogens (tertiary/aromatic N) is 4. The summed E-state index contributed by atoms with van der Waals surface area (Å²) in [5.41, 5.74) is 4.96. The van der Waals surface area contributed by atoms with E-state index in [4.69, 9.17) is 14.2 Å². The number of aromatic carboxylic acids is 1. The number of carboxylic acid groups (broad SMARTS) is 1. The maximum Gasteiger partial charge on any atom is 0.343 e. The number of ether oxygens (including phenoxy) is 3. The summed E-state index contributed by atoms with van der Waals surface area (Å²) in [7, 11) is 0. The van der Waals surface area contributed by atoms with E-state index in [-0.39, 0.29) is 52.9 Å². The van der Waals surface area contributed by atoms with Crippen LogP contribution in [-0.2, 0) is 43.5 Å². The van der Waals surface area contributed by atoms with Crippen LogP contribution in [0, 0.1) is 0 Å². The first-order valence-corrected chi connectivity index (χ1v) is 18.1. The number of rotatable bonds is 9. The first-order chi connectivity index (χ1) is 26.2. The van der Waals surface area contributed by atoms with Gasteiger partial charge >= 0.3 is 11.9 Å². The van der Waals surface area contributed by atoms with Gasteiger partial charge in [0.25, 0.3) is 0 Å². The van der Waals surface area contributed by atoms with Crippen molar-refractivity contribution in [3.63, 3.8) is 0 Å². The van der Waals surface area contributed by atoms with Gasteiger partial charge in [-0.25, -0.2) is 19.6 Å². The summed E-state index contributed by atoms with van der Waals surface area (Å²) in [6.07, 6.45) is 9.37. The summed E-state index contributed by atoms with van der Waals surface area (Å²) >= 11 is 0. The molecule has 0 fully saturated rings. The molecule has 12 nitrogen and oxygen atoms in total. The molecule has 292 valence electrons. The highest BCUT2D eigenvalue weighted by molar-refractivity contribution is 5.93. The van der Waals surface area contributed by atoms with Crippen molar-refractivity contribution < 1.29 is 33.6 Å². The minimum atomic E-state index is -1.24. The molecule has 13 heteroatoms. The molecule has 0 radical (unpaired) electrons. The molecule has 0 atom stereocenters. The van der Waals surface area contributed by atoms with E-state index in [0.29, 0.717) is 41.3 Å². The molecular weight excluding hydrogens is 719 g/mol. The fourth-order valence-corrected chi connectivity index (χ4v) is 7.22. The Morgan fingerprint density at radius 3 is 1.46 bits per heavy atom. The molecule has 0 bridgehead atoms. The van der Waals surface area contributed by atoms with Gasteiger partial charge in [0.05, 0.1) is 29.8 Å². The number of hydrogen-bond donors (Lipinski definition) is 1. The van der Waals surface area contributed by atoms with Crippen LogP contribution in [0.5, 0.6) is 11.5 Å². The van der Waals surface area contributed by atoms with Crippen LogP contribution in [0.2, 0.25) is 0 Å². The lowest BCUT2D eigenvalue weighted by Crippen LogP contribution is -2.22. The van der Waals surface area contributed by atoms with Gasteiger partial charge in [0.15, 0.2) is 0 Å². The molecule has 8 rings (SSSR count). The largest absolute Gasteiger partial charge is 0.488 e. The van der Waals surface area contributed by atoms with Gasteiger partial charge in [-0.05, 0) is 55.2 Å². The number of esters is 1. The van der Waals surface area contributed by atoms with Crippen molar-refractivity contribution in [1.29, 1.82) is 0 Å². The van der Waals surface area contributed by atoms with Crippen molar-refractivity contribution in [3.05, 3.63) is 139 Å². The third kappa shape index (κ3) is 8.16. The SMILES string of the molecule is C.CCOC(=O)c1cn(CC)c2ncc(OC3Cc4ccccc4C3)cc2c1=O.CCn1cc(C(=O)O)c(=O)c2cc(OC3Cc4ccccc4C3)cnc21.F. The fraction of sp³-hybridized carbons (Fsp3) is 0.302. The second-order valence-electron chi connectivity index (χ2n) is 13.3. The second-order valence-corrected chi connectivity index (χ2v) is 13.3. The van der Waals surface area contributed by atoms with Crippen molar-refractivity contribution in [1.82, 2.24) is 19.1 Å². The number of carboxylic acids is 1. The van der Waals surface area contributed by atoms with Crippen LogP contribution in [0.1, 0.15) is 71.2 Å². The molecule has 0 saturated heterocycles. The molecule has 4 aromatic heterocycles. The van der Waals surface area contributed by atoms with E-state index in [1.54, 1.807) is 40.6 Å². The van der Waals surface area contributed by atoms with Gasteiger partial charge in [-0.3, -0.25) is 14.3 Å². The molecule has 0 spiro atoms. The van der Waals surface area contributed by atoms with E-state index >= 15 is 0 Å². The minimum Gasteiger partial charge on any atom is -0.488 e. The van der Waals surface area contributed by atoms with Crippen LogP contribution in [0.15, 0.2) is 95.0 Å². The number of halogens is 1.